The summed E-state index contributed by atoms with van der Waals surface area (Å²) in [6.45, 7) is 0.720. The zero-order chi connectivity index (χ0) is 15.3. The molecule has 5 nitrogen and oxygen atoms in total. The van der Waals surface area contributed by atoms with Gasteiger partial charge in [0, 0.05) is 17.8 Å². The largest absolute Gasteiger partial charge is 0.484 e. The third-order valence-electron chi connectivity index (χ3n) is 4.35. The number of likely N-dealkylation sites (N-methyl/N-ethyl adjacent to an activating group) is 1. The first-order valence-electron chi connectivity index (χ1n) is 7.44. The van der Waals surface area contributed by atoms with E-state index in [9.17, 15) is 4.79 Å². The number of hydrogen-bond acceptors (Lipinski definition) is 4. The molecule has 0 aromatic heterocycles. The molecule has 0 aliphatic heterocycles. The van der Waals surface area contributed by atoms with Crippen molar-refractivity contribution in [1.82, 2.24) is 10.2 Å². The van der Waals surface area contributed by atoms with Crippen LogP contribution in [0.15, 0.2) is 24.3 Å². The van der Waals surface area contributed by atoms with Crippen molar-refractivity contribution in [1.29, 1.82) is 0 Å². The van der Waals surface area contributed by atoms with Crippen LogP contribution >= 0.6 is 0 Å². The Hall–Kier alpha value is -1.75. The van der Waals surface area contributed by atoms with Crippen LogP contribution in [-0.2, 0) is 4.79 Å². The van der Waals surface area contributed by atoms with Gasteiger partial charge in [-0.1, -0.05) is 12.8 Å². The van der Waals surface area contributed by atoms with Gasteiger partial charge in [-0.3, -0.25) is 4.79 Å². The molecule has 0 bridgehead atoms. The predicted octanol–water partition coefficient (Wildman–Crippen LogP) is 1.64. The molecular weight excluding hydrogens is 266 g/mol. The minimum absolute atomic E-state index is 0.0351. The van der Waals surface area contributed by atoms with Crippen LogP contribution in [0, 0.1) is 0 Å². The zero-order valence-electron chi connectivity index (χ0n) is 12.9. The first-order valence-corrected chi connectivity index (χ1v) is 7.44. The predicted molar refractivity (Wildman–Crippen MR) is 84.2 cm³/mol. The zero-order valence-corrected chi connectivity index (χ0v) is 12.9. The molecule has 0 saturated heterocycles. The van der Waals surface area contributed by atoms with Gasteiger partial charge < -0.3 is 20.7 Å². The average Bonchev–Trinajstić information content (AvgIpc) is 2.95. The molecule has 0 spiro atoms. The Balaban J connectivity index is 1.78. The lowest BCUT2D eigenvalue weighted by atomic mass is 9.96. The Kier molecular flexibility index (Phi) is 5.07. The molecule has 2 rings (SSSR count). The molecule has 1 fully saturated rings. The van der Waals surface area contributed by atoms with E-state index >= 15 is 0 Å². The number of hydrogen-bond donors (Lipinski definition) is 2. The van der Waals surface area contributed by atoms with Crippen LogP contribution in [0.25, 0.3) is 0 Å². The van der Waals surface area contributed by atoms with E-state index in [1.807, 2.05) is 0 Å². The first kappa shape index (κ1) is 15.6. The summed E-state index contributed by atoms with van der Waals surface area (Å²) in [5, 5.41) is 3.00. The smallest absolute Gasteiger partial charge is 0.258 e. The number of nitrogens with two attached hydrogens (primary N) is 1. The maximum absolute atomic E-state index is 11.9. The first-order chi connectivity index (χ1) is 10.0. The van der Waals surface area contributed by atoms with Crippen LogP contribution in [0.2, 0.25) is 0 Å². The maximum Gasteiger partial charge on any atom is 0.258 e. The third-order valence-corrected chi connectivity index (χ3v) is 4.35. The molecule has 1 aliphatic rings. The molecule has 5 heteroatoms. The van der Waals surface area contributed by atoms with Crippen molar-refractivity contribution in [3.63, 3.8) is 0 Å². The molecule has 1 aromatic carbocycles. The molecule has 1 saturated carbocycles. The molecule has 0 atom stereocenters. The summed E-state index contributed by atoms with van der Waals surface area (Å²) in [5.41, 5.74) is 6.39. The van der Waals surface area contributed by atoms with Gasteiger partial charge in [0.05, 0.1) is 0 Å². The molecule has 1 aliphatic carbocycles. The Morgan fingerprint density at radius 1 is 1.29 bits per heavy atom. The van der Waals surface area contributed by atoms with Gasteiger partial charge in [0.1, 0.15) is 5.75 Å². The van der Waals surface area contributed by atoms with Crippen LogP contribution < -0.4 is 15.8 Å². The number of ether oxygens (including phenoxy) is 1. The standard InChI is InChI=1S/C16H25N3O2/c1-19(2)16(9-3-4-10-16)12-18-15(20)11-21-14-7-5-13(17)6-8-14/h5-8H,3-4,9-12,17H2,1-2H3,(H,18,20). The number of amides is 1. The minimum atomic E-state index is -0.0834. The Morgan fingerprint density at radius 2 is 1.90 bits per heavy atom. The lowest BCUT2D eigenvalue weighted by Crippen LogP contribution is -2.51. The van der Waals surface area contributed by atoms with Gasteiger partial charge in [0.2, 0.25) is 0 Å². The Morgan fingerprint density at radius 3 is 2.48 bits per heavy atom. The number of rotatable bonds is 6. The van der Waals surface area contributed by atoms with E-state index in [2.05, 4.69) is 24.3 Å². The lowest BCUT2D eigenvalue weighted by Gasteiger charge is -2.36. The monoisotopic (exact) mass is 291 g/mol. The van der Waals surface area contributed by atoms with E-state index in [0.717, 1.165) is 12.8 Å². The quantitative estimate of drug-likeness (QED) is 0.782. The van der Waals surface area contributed by atoms with Gasteiger partial charge in [0.25, 0.3) is 5.91 Å². The maximum atomic E-state index is 11.9. The molecule has 3 N–H and O–H groups in total. The molecule has 21 heavy (non-hydrogen) atoms. The van der Waals surface area contributed by atoms with Gasteiger partial charge in [-0.05, 0) is 51.2 Å². The SMILES string of the molecule is CN(C)C1(CNC(=O)COc2ccc(N)cc2)CCCC1. The fourth-order valence-corrected chi connectivity index (χ4v) is 2.84. The lowest BCUT2D eigenvalue weighted by molar-refractivity contribution is -0.123. The number of nitrogens with zero attached hydrogens (tertiary/aromatic N) is 1. The van der Waals surface area contributed by atoms with E-state index in [1.165, 1.54) is 12.8 Å². The van der Waals surface area contributed by atoms with E-state index in [1.54, 1.807) is 24.3 Å². The summed E-state index contributed by atoms with van der Waals surface area (Å²) in [5.74, 6) is 0.572. The summed E-state index contributed by atoms with van der Waals surface area (Å²) >= 11 is 0. The second-order valence-electron chi connectivity index (χ2n) is 5.96. The van der Waals surface area contributed by atoms with Crippen molar-refractivity contribution in [3.8, 4) is 5.75 Å². The van der Waals surface area contributed by atoms with Crippen LogP contribution in [-0.4, -0.2) is 43.6 Å². The van der Waals surface area contributed by atoms with Gasteiger partial charge >= 0.3 is 0 Å². The van der Waals surface area contributed by atoms with Crippen molar-refractivity contribution in [2.75, 3.05) is 33.0 Å². The Bertz CT molecular complexity index is 465. The molecule has 1 aromatic rings. The molecule has 0 radical (unpaired) electrons. The van der Waals surface area contributed by atoms with E-state index in [-0.39, 0.29) is 18.1 Å². The van der Waals surface area contributed by atoms with Crippen molar-refractivity contribution in [2.24, 2.45) is 0 Å². The second-order valence-corrected chi connectivity index (χ2v) is 5.96. The van der Waals surface area contributed by atoms with Crippen LogP contribution in [0.5, 0.6) is 5.75 Å². The summed E-state index contributed by atoms with van der Waals surface area (Å²) < 4.78 is 5.45. The number of anilines is 1. The normalized spacial score (nSPS) is 16.9. The third kappa shape index (κ3) is 4.11. The number of carbonyl (C=O) groups excluding carboxylic acids is 1. The molecular formula is C16H25N3O2. The van der Waals surface area contributed by atoms with Gasteiger partial charge in [0.15, 0.2) is 6.61 Å². The molecule has 116 valence electrons. The molecule has 0 heterocycles. The highest BCUT2D eigenvalue weighted by molar-refractivity contribution is 5.77. The van der Waals surface area contributed by atoms with Crippen molar-refractivity contribution in [2.45, 2.75) is 31.2 Å². The molecule has 1 amide bonds. The van der Waals surface area contributed by atoms with Crippen molar-refractivity contribution in [3.05, 3.63) is 24.3 Å². The van der Waals surface area contributed by atoms with Crippen molar-refractivity contribution >= 4 is 11.6 Å². The van der Waals surface area contributed by atoms with E-state index in [4.69, 9.17) is 10.5 Å². The fourth-order valence-electron chi connectivity index (χ4n) is 2.84. The average molecular weight is 291 g/mol. The number of nitrogen functional groups attached to an aromatic ring is 1. The van der Waals surface area contributed by atoms with Gasteiger partial charge in [-0.25, -0.2) is 0 Å². The summed E-state index contributed by atoms with van der Waals surface area (Å²) in [6.07, 6.45) is 4.74. The number of nitrogens with one attached hydrogen (secondary N) is 1. The summed E-state index contributed by atoms with van der Waals surface area (Å²) in [6, 6.07) is 7.04. The van der Waals surface area contributed by atoms with E-state index < -0.39 is 0 Å². The van der Waals surface area contributed by atoms with Crippen LogP contribution in [0.4, 0.5) is 5.69 Å². The highest BCUT2D eigenvalue weighted by atomic mass is 16.5. The van der Waals surface area contributed by atoms with Gasteiger partial charge in [-0.2, -0.15) is 0 Å². The Labute approximate surface area is 126 Å². The van der Waals surface area contributed by atoms with Gasteiger partial charge in [-0.15, -0.1) is 0 Å². The summed E-state index contributed by atoms with van der Waals surface area (Å²) in [4.78, 5) is 14.2. The van der Waals surface area contributed by atoms with Crippen LogP contribution in [0.3, 0.4) is 0 Å². The van der Waals surface area contributed by atoms with Crippen LogP contribution in [0.1, 0.15) is 25.7 Å². The topological polar surface area (TPSA) is 67.6 Å². The number of benzene rings is 1. The highest BCUT2D eigenvalue weighted by Crippen LogP contribution is 2.33. The highest BCUT2D eigenvalue weighted by Gasteiger charge is 2.36. The van der Waals surface area contributed by atoms with Crippen molar-refractivity contribution < 1.29 is 9.53 Å². The number of carbonyl (C=O) groups is 1. The summed E-state index contributed by atoms with van der Waals surface area (Å²) in [7, 11) is 4.17. The second kappa shape index (κ2) is 6.80. The fraction of sp³-hybridized carbons (Fsp3) is 0.562. The molecule has 0 unspecified atom stereocenters. The van der Waals surface area contributed by atoms with E-state index in [0.29, 0.717) is 18.0 Å². The minimum Gasteiger partial charge on any atom is -0.484 e.